The predicted molar refractivity (Wildman–Crippen MR) is 84.8 cm³/mol. The molecule has 4 nitrogen and oxygen atoms in total. The molecule has 3 aromatic rings. The number of ether oxygens (including phenoxy) is 2. The molecule has 2 aromatic heterocycles. The predicted octanol–water partition coefficient (Wildman–Crippen LogP) is 4.84. The summed E-state index contributed by atoms with van der Waals surface area (Å²) in [6.07, 6.45) is 0. The summed E-state index contributed by atoms with van der Waals surface area (Å²) in [5.74, 6) is 1.96. The Balaban J connectivity index is 1.93. The average Bonchev–Trinajstić information content (AvgIpc) is 2.81. The van der Waals surface area contributed by atoms with Crippen molar-refractivity contribution in [3.05, 3.63) is 40.5 Å². The number of rotatable bonds is 4. The number of halogens is 1. The van der Waals surface area contributed by atoms with Gasteiger partial charge in [-0.25, -0.2) is 4.98 Å². The Morgan fingerprint density at radius 3 is 2.57 bits per heavy atom. The zero-order chi connectivity index (χ0) is 14.8. The van der Waals surface area contributed by atoms with E-state index in [0.717, 1.165) is 20.8 Å². The van der Waals surface area contributed by atoms with Crippen molar-refractivity contribution in [3.63, 3.8) is 0 Å². The van der Waals surface area contributed by atoms with Crippen LogP contribution in [0.4, 0.5) is 0 Å². The van der Waals surface area contributed by atoms with E-state index in [1.807, 2.05) is 44.2 Å². The van der Waals surface area contributed by atoms with Crippen LogP contribution in [0.3, 0.4) is 0 Å². The third-order valence-electron chi connectivity index (χ3n) is 2.80. The number of thiophene rings is 1. The summed E-state index contributed by atoms with van der Waals surface area (Å²) >= 11 is 7.51. The van der Waals surface area contributed by atoms with E-state index in [0.29, 0.717) is 18.2 Å². The van der Waals surface area contributed by atoms with Crippen LogP contribution in [0, 0.1) is 6.92 Å². The summed E-state index contributed by atoms with van der Waals surface area (Å²) < 4.78 is 11.2. The molecule has 0 aliphatic carbocycles. The van der Waals surface area contributed by atoms with Crippen LogP contribution in [0.25, 0.3) is 10.2 Å². The summed E-state index contributed by atoms with van der Waals surface area (Å²) in [5, 5.41) is 1.06. The SMILES string of the molecule is CCOc1ccc(Oc2nc(Cl)nc3sc(C)cc23)cc1. The Kier molecular flexibility index (Phi) is 3.94. The molecule has 0 aliphatic heterocycles. The lowest BCUT2D eigenvalue weighted by Crippen LogP contribution is -1.93. The van der Waals surface area contributed by atoms with E-state index in [4.69, 9.17) is 21.1 Å². The quantitative estimate of drug-likeness (QED) is 0.645. The minimum absolute atomic E-state index is 0.185. The molecule has 108 valence electrons. The lowest BCUT2D eigenvalue weighted by atomic mass is 10.3. The lowest BCUT2D eigenvalue weighted by Gasteiger charge is -2.07. The first-order valence-corrected chi connectivity index (χ1v) is 7.69. The highest BCUT2D eigenvalue weighted by Gasteiger charge is 2.11. The monoisotopic (exact) mass is 320 g/mol. The number of aromatic nitrogens is 2. The molecule has 0 amide bonds. The summed E-state index contributed by atoms with van der Waals surface area (Å²) in [7, 11) is 0. The largest absolute Gasteiger partial charge is 0.494 e. The molecule has 0 unspecified atom stereocenters. The molecule has 0 radical (unpaired) electrons. The van der Waals surface area contributed by atoms with Gasteiger partial charge in [0.25, 0.3) is 0 Å². The van der Waals surface area contributed by atoms with Crippen LogP contribution in [0.2, 0.25) is 5.28 Å². The van der Waals surface area contributed by atoms with Gasteiger partial charge in [-0.05, 0) is 55.8 Å². The van der Waals surface area contributed by atoms with Crippen molar-refractivity contribution >= 4 is 33.2 Å². The molecule has 0 N–H and O–H groups in total. The maximum Gasteiger partial charge on any atom is 0.232 e. The zero-order valence-corrected chi connectivity index (χ0v) is 13.2. The van der Waals surface area contributed by atoms with Gasteiger partial charge in [0, 0.05) is 4.88 Å². The number of fused-ring (bicyclic) bond motifs is 1. The molecule has 6 heteroatoms. The van der Waals surface area contributed by atoms with Crippen LogP contribution < -0.4 is 9.47 Å². The smallest absolute Gasteiger partial charge is 0.232 e. The minimum Gasteiger partial charge on any atom is -0.494 e. The van der Waals surface area contributed by atoms with E-state index >= 15 is 0 Å². The molecule has 1 aromatic carbocycles. The standard InChI is InChI=1S/C15H13ClN2O2S/c1-3-19-10-4-6-11(7-5-10)20-13-12-8-9(2)21-14(12)18-15(16)17-13/h4-8H,3H2,1-2H3. The highest BCUT2D eigenvalue weighted by molar-refractivity contribution is 7.18. The Bertz CT molecular complexity index is 771. The zero-order valence-electron chi connectivity index (χ0n) is 11.6. The molecule has 0 spiro atoms. The van der Waals surface area contributed by atoms with E-state index < -0.39 is 0 Å². The van der Waals surface area contributed by atoms with Crippen molar-refractivity contribution in [2.24, 2.45) is 0 Å². The third-order valence-corrected chi connectivity index (χ3v) is 3.92. The van der Waals surface area contributed by atoms with E-state index in [1.54, 1.807) is 11.3 Å². The first-order chi connectivity index (χ1) is 10.2. The fourth-order valence-electron chi connectivity index (χ4n) is 1.95. The van der Waals surface area contributed by atoms with E-state index in [9.17, 15) is 0 Å². The lowest BCUT2D eigenvalue weighted by molar-refractivity contribution is 0.339. The molecule has 21 heavy (non-hydrogen) atoms. The van der Waals surface area contributed by atoms with Crippen molar-refractivity contribution in [2.45, 2.75) is 13.8 Å². The van der Waals surface area contributed by atoms with E-state index in [2.05, 4.69) is 9.97 Å². The van der Waals surface area contributed by atoms with Crippen LogP contribution in [-0.2, 0) is 0 Å². The summed E-state index contributed by atoms with van der Waals surface area (Å²) in [6.45, 7) is 4.60. The number of nitrogens with zero attached hydrogens (tertiary/aromatic N) is 2. The molecular weight excluding hydrogens is 308 g/mol. The number of benzene rings is 1. The third kappa shape index (κ3) is 3.09. The fraction of sp³-hybridized carbons (Fsp3) is 0.200. The molecule has 2 heterocycles. The van der Waals surface area contributed by atoms with Gasteiger partial charge in [-0.3, -0.25) is 0 Å². The fourth-order valence-corrected chi connectivity index (χ4v) is 3.03. The molecular formula is C15H13ClN2O2S. The van der Waals surface area contributed by atoms with Crippen LogP contribution in [0.15, 0.2) is 30.3 Å². The Morgan fingerprint density at radius 2 is 1.86 bits per heavy atom. The van der Waals surface area contributed by atoms with Crippen molar-refractivity contribution in [3.8, 4) is 17.4 Å². The summed E-state index contributed by atoms with van der Waals surface area (Å²) in [4.78, 5) is 10.4. The second kappa shape index (κ2) is 5.87. The molecule has 0 saturated heterocycles. The Hall–Kier alpha value is -1.85. The van der Waals surface area contributed by atoms with Gasteiger partial charge in [0.15, 0.2) is 0 Å². The molecule has 0 atom stereocenters. The van der Waals surface area contributed by atoms with Gasteiger partial charge >= 0.3 is 0 Å². The van der Waals surface area contributed by atoms with Gasteiger partial charge in [0.2, 0.25) is 11.2 Å². The van der Waals surface area contributed by atoms with Gasteiger partial charge in [-0.15, -0.1) is 11.3 Å². The van der Waals surface area contributed by atoms with Gasteiger partial charge in [-0.2, -0.15) is 4.98 Å². The average molecular weight is 321 g/mol. The van der Waals surface area contributed by atoms with Gasteiger partial charge in [0.05, 0.1) is 12.0 Å². The Morgan fingerprint density at radius 1 is 1.14 bits per heavy atom. The summed E-state index contributed by atoms with van der Waals surface area (Å²) in [5.41, 5.74) is 0. The highest BCUT2D eigenvalue weighted by Crippen LogP contribution is 2.33. The second-order valence-electron chi connectivity index (χ2n) is 4.38. The molecule has 0 fully saturated rings. The normalized spacial score (nSPS) is 10.8. The molecule has 3 rings (SSSR count). The first kappa shape index (κ1) is 14.1. The van der Waals surface area contributed by atoms with Crippen LogP contribution in [-0.4, -0.2) is 16.6 Å². The molecule has 0 aliphatic rings. The van der Waals surface area contributed by atoms with Crippen molar-refractivity contribution in [2.75, 3.05) is 6.61 Å². The van der Waals surface area contributed by atoms with Gasteiger partial charge in [0.1, 0.15) is 16.3 Å². The number of hydrogen-bond acceptors (Lipinski definition) is 5. The topological polar surface area (TPSA) is 44.2 Å². The van der Waals surface area contributed by atoms with Gasteiger partial charge < -0.3 is 9.47 Å². The van der Waals surface area contributed by atoms with Crippen molar-refractivity contribution in [1.82, 2.24) is 9.97 Å². The number of hydrogen-bond donors (Lipinski definition) is 0. The minimum atomic E-state index is 0.185. The maximum atomic E-state index is 5.95. The van der Waals surface area contributed by atoms with Gasteiger partial charge in [-0.1, -0.05) is 0 Å². The van der Waals surface area contributed by atoms with Crippen molar-refractivity contribution < 1.29 is 9.47 Å². The van der Waals surface area contributed by atoms with Crippen LogP contribution in [0.5, 0.6) is 17.4 Å². The Labute approximate surface area is 131 Å². The summed E-state index contributed by atoms with van der Waals surface area (Å²) in [6, 6.07) is 9.40. The first-order valence-electron chi connectivity index (χ1n) is 6.50. The number of aryl methyl sites for hydroxylation is 1. The highest BCUT2D eigenvalue weighted by atomic mass is 35.5. The van der Waals surface area contributed by atoms with Crippen molar-refractivity contribution in [1.29, 1.82) is 0 Å². The van der Waals surface area contributed by atoms with Crippen LogP contribution >= 0.6 is 22.9 Å². The second-order valence-corrected chi connectivity index (χ2v) is 5.95. The van der Waals surface area contributed by atoms with Crippen LogP contribution in [0.1, 0.15) is 11.8 Å². The van der Waals surface area contributed by atoms with E-state index in [1.165, 1.54) is 0 Å². The van der Waals surface area contributed by atoms with E-state index in [-0.39, 0.29) is 5.28 Å². The maximum absolute atomic E-state index is 5.95. The molecule has 0 bridgehead atoms. The molecule has 0 saturated carbocycles.